The molecule has 2 aliphatic heterocycles. The SMILES string of the molecule is CC(C)CN(C(=O)C1CCN(c2ccc3nnc(C(F)(F)F)n3n2)CC1)[C@@H]1CCS(=O)(=O)C1. The van der Waals surface area contributed by atoms with Gasteiger partial charge in [0, 0.05) is 31.6 Å². The minimum atomic E-state index is -4.67. The van der Waals surface area contributed by atoms with Crippen molar-refractivity contribution in [3.05, 3.63) is 18.0 Å². The summed E-state index contributed by atoms with van der Waals surface area (Å²) >= 11 is 0. The van der Waals surface area contributed by atoms with Gasteiger partial charge in [0.05, 0.1) is 11.5 Å². The van der Waals surface area contributed by atoms with Crippen LogP contribution >= 0.6 is 0 Å². The highest BCUT2D eigenvalue weighted by atomic mass is 32.2. The van der Waals surface area contributed by atoms with Gasteiger partial charge in [-0.3, -0.25) is 4.79 Å². The summed E-state index contributed by atoms with van der Waals surface area (Å²) in [6.45, 7) is 5.40. The van der Waals surface area contributed by atoms with Crippen molar-refractivity contribution in [3.8, 4) is 0 Å². The van der Waals surface area contributed by atoms with E-state index in [0.717, 1.165) is 0 Å². The van der Waals surface area contributed by atoms with E-state index in [2.05, 4.69) is 15.3 Å². The monoisotopic (exact) mass is 488 g/mol. The third kappa shape index (κ3) is 5.07. The Morgan fingerprint density at radius 2 is 1.88 bits per heavy atom. The van der Waals surface area contributed by atoms with Gasteiger partial charge in [-0.15, -0.1) is 15.3 Å². The number of halogens is 3. The Bertz CT molecular complexity index is 1130. The first-order valence-electron chi connectivity index (χ1n) is 11.0. The molecule has 182 valence electrons. The van der Waals surface area contributed by atoms with Crippen molar-refractivity contribution < 1.29 is 26.4 Å². The van der Waals surface area contributed by atoms with E-state index in [-0.39, 0.29) is 40.9 Å². The lowest BCUT2D eigenvalue weighted by Crippen LogP contribution is -2.48. The quantitative estimate of drug-likeness (QED) is 0.635. The van der Waals surface area contributed by atoms with Crippen LogP contribution in [0.4, 0.5) is 19.0 Å². The number of piperidine rings is 1. The van der Waals surface area contributed by atoms with Crippen LogP contribution in [0.25, 0.3) is 5.65 Å². The second kappa shape index (κ2) is 8.73. The zero-order valence-corrected chi connectivity index (χ0v) is 19.3. The molecule has 0 bridgehead atoms. The summed E-state index contributed by atoms with van der Waals surface area (Å²) in [6.07, 6.45) is -3.18. The highest BCUT2D eigenvalue weighted by molar-refractivity contribution is 7.91. The number of amides is 1. The van der Waals surface area contributed by atoms with Crippen LogP contribution in [0.15, 0.2) is 12.1 Å². The van der Waals surface area contributed by atoms with Gasteiger partial charge in [0.2, 0.25) is 5.91 Å². The molecule has 2 aromatic rings. The van der Waals surface area contributed by atoms with Crippen molar-refractivity contribution >= 4 is 27.2 Å². The molecule has 0 radical (unpaired) electrons. The van der Waals surface area contributed by atoms with Gasteiger partial charge in [0.15, 0.2) is 15.5 Å². The molecule has 0 unspecified atom stereocenters. The number of hydrogen-bond donors (Lipinski definition) is 0. The molecule has 2 aromatic heterocycles. The van der Waals surface area contributed by atoms with Crippen LogP contribution < -0.4 is 4.90 Å². The number of carbonyl (C=O) groups excluding carboxylic acids is 1. The standard InChI is InChI=1S/C20H27F3N6O3S/c1-13(2)11-28(15-7-10-33(31,32)12-15)18(30)14-5-8-27(9-6-14)17-4-3-16-24-25-19(20(21,22)23)29(16)26-17/h3-4,13-15H,5-12H2,1-2H3/t15-/m1/s1. The van der Waals surface area contributed by atoms with Gasteiger partial charge >= 0.3 is 6.18 Å². The second-order valence-corrected chi connectivity index (χ2v) is 11.4. The first-order chi connectivity index (χ1) is 15.4. The normalized spacial score (nSPS) is 21.8. The van der Waals surface area contributed by atoms with Gasteiger partial charge in [-0.1, -0.05) is 13.8 Å². The average molecular weight is 489 g/mol. The van der Waals surface area contributed by atoms with Crippen molar-refractivity contribution in [2.75, 3.05) is 36.0 Å². The van der Waals surface area contributed by atoms with Crippen molar-refractivity contribution in [3.63, 3.8) is 0 Å². The number of carbonyl (C=O) groups is 1. The molecule has 4 heterocycles. The lowest BCUT2D eigenvalue weighted by molar-refractivity contribution is -0.146. The third-order valence-corrected chi connectivity index (χ3v) is 7.91. The highest BCUT2D eigenvalue weighted by Crippen LogP contribution is 2.30. The van der Waals surface area contributed by atoms with Crippen molar-refractivity contribution in [2.24, 2.45) is 11.8 Å². The first kappa shape index (κ1) is 23.7. The molecule has 1 atom stereocenters. The Morgan fingerprint density at radius 3 is 2.45 bits per heavy atom. The predicted molar refractivity (Wildman–Crippen MR) is 114 cm³/mol. The Balaban J connectivity index is 1.46. The highest BCUT2D eigenvalue weighted by Gasteiger charge is 2.39. The van der Waals surface area contributed by atoms with Crippen LogP contribution in [0.5, 0.6) is 0 Å². The number of anilines is 1. The molecule has 0 aliphatic carbocycles. The van der Waals surface area contributed by atoms with E-state index in [4.69, 9.17) is 0 Å². The Kier molecular flexibility index (Phi) is 6.27. The largest absolute Gasteiger partial charge is 0.453 e. The molecule has 0 saturated carbocycles. The Labute approximate surface area is 189 Å². The first-order valence-corrected chi connectivity index (χ1v) is 12.8. The molecule has 2 fully saturated rings. The molecular weight excluding hydrogens is 461 g/mol. The zero-order chi connectivity index (χ0) is 24.0. The topological polar surface area (TPSA) is 101 Å². The second-order valence-electron chi connectivity index (χ2n) is 9.19. The molecule has 2 aliphatic rings. The van der Waals surface area contributed by atoms with Gasteiger partial charge in [-0.2, -0.15) is 17.7 Å². The number of aromatic nitrogens is 4. The summed E-state index contributed by atoms with van der Waals surface area (Å²) in [6, 6.07) is 2.74. The predicted octanol–water partition coefficient (Wildman–Crippen LogP) is 2.03. The fourth-order valence-corrected chi connectivity index (χ4v) is 6.28. The fourth-order valence-electron chi connectivity index (χ4n) is 4.55. The molecule has 33 heavy (non-hydrogen) atoms. The Hall–Kier alpha value is -2.44. The smallest absolute Gasteiger partial charge is 0.355 e. The van der Waals surface area contributed by atoms with Gasteiger partial charge in [-0.25, -0.2) is 8.42 Å². The fraction of sp³-hybridized carbons (Fsp3) is 0.700. The number of sulfone groups is 1. The van der Waals surface area contributed by atoms with E-state index in [1.807, 2.05) is 18.7 Å². The van der Waals surface area contributed by atoms with Crippen LogP contribution in [-0.2, 0) is 20.8 Å². The number of hydrogen-bond acceptors (Lipinski definition) is 7. The minimum Gasteiger partial charge on any atom is -0.355 e. The number of rotatable bonds is 5. The third-order valence-electron chi connectivity index (χ3n) is 6.16. The summed E-state index contributed by atoms with van der Waals surface area (Å²) in [4.78, 5) is 16.9. The maximum Gasteiger partial charge on any atom is 0.453 e. The minimum absolute atomic E-state index is 0.00646. The van der Waals surface area contributed by atoms with E-state index >= 15 is 0 Å². The molecule has 1 amide bonds. The lowest BCUT2D eigenvalue weighted by atomic mass is 9.94. The molecule has 13 heteroatoms. The lowest BCUT2D eigenvalue weighted by Gasteiger charge is -2.37. The number of fused-ring (bicyclic) bond motifs is 1. The molecular formula is C20H27F3N6O3S. The van der Waals surface area contributed by atoms with E-state index in [1.54, 1.807) is 11.0 Å². The molecule has 2 saturated heterocycles. The molecule has 9 nitrogen and oxygen atoms in total. The molecule has 0 aromatic carbocycles. The van der Waals surface area contributed by atoms with Gasteiger partial charge < -0.3 is 9.80 Å². The van der Waals surface area contributed by atoms with E-state index in [9.17, 15) is 26.4 Å². The van der Waals surface area contributed by atoms with Crippen LogP contribution in [-0.4, -0.2) is 76.2 Å². The Morgan fingerprint density at radius 1 is 1.18 bits per heavy atom. The summed E-state index contributed by atoms with van der Waals surface area (Å²) in [5.41, 5.74) is 0.00646. The van der Waals surface area contributed by atoms with Gasteiger partial charge in [0.1, 0.15) is 5.82 Å². The van der Waals surface area contributed by atoms with E-state index in [1.165, 1.54) is 6.07 Å². The van der Waals surface area contributed by atoms with E-state index in [0.29, 0.717) is 49.2 Å². The maximum atomic E-state index is 13.3. The van der Waals surface area contributed by atoms with Crippen LogP contribution in [0, 0.1) is 11.8 Å². The van der Waals surface area contributed by atoms with Gasteiger partial charge in [-0.05, 0) is 37.3 Å². The van der Waals surface area contributed by atoms with Crippen LogP contribution in [0.1, 0.15) is 38.9 Å². The van der Waals surface area contributed by atoms with Crippen molar-refractivity contribution in [2.45, 2.75) is 45.3 Å². The molecule has 0 spiro atoms. The van der Waals surface area contributed by atoms with Crippen LogP contribution in [0.3, 0.4) is 0 Å². The van der Waals surface area contributed by atoms with Crippen LogP contribution in [0.2, 0.25) is 0 Å². The summed E-state index contributed by atoms with van der Waals surface area (Å²) in [5, 5.41) is 10.8. The summed E-state index contributed by atoms with van der Waals surface area (Å²) in [7, 11) is -3.12. The summed E-state index contributed by atoms with van der Waals surface area (Å²) in [5.74, 6) is -0.788. The average Bonchev–Trinajstić information content (AvgIpc) is 3.33. The molecule has 0 N–H and O–H groups in total. The maximum absolute atomic E-state index is 13.3. The summed E-state index contributed by atoms with van der Waals surface area (Å²) < 4.78 is 64.1. The van der Waals surface area contributed by atoms with Crippen molar-refractivity contribution in [1.82, 2.24) is 24.7 Å². The zero-order valence-electron chi connectivity index (χ0n) is 18.5. The van der Waals surface area contributed by atoms with Gasteiger partial charge in [0.25, 0.3) is 5.82 Å². The number of alkyl halides is 3. The molecule has 4 rings (SSSR count). The van der Waals surface area contributed by atoms with E-state index < -0.39 is 21.8 Å². The number of nitrogens with zero attached hydrogens (tertiary/aromatic N) is 6. The van der Waals surface area contributed by atoms with Crippen molar-refractivity contribution in [1.29, 1.82) is 0 Å².